The quantitative estimate of drug-likeness (QED) is 0.147. The van der Waals surface area contributed by atoms with Gasteiger partial charge < -0.3 is 22.6 Å². The van der Waals surface area contributed by atoms with Crippen molar-refractivity contribution in [2.24, 2.45) is 10.9 Å². The van der Waals surface area contributed by atoms with Crippen molar-refractivity contribution in [3.8, 4) is 0 Å². The van der Waals surface area contributed by atoms with E-state index in [-0.39, 0.29) is 24.2 Å². The highest BCUT2D eigenvalue weighted by molar-refractivity contribution is 6.00. The second-order valence-electron chi connectivity index (χ2n) is 9.79. The van der Waals surface area contributed by atoms with Gasteiger partial charge in [0.15, 0.2) is 0 Å². The fourth-order valence-corrected chi connectivity index (χ4v) is 4.44. The Bertz CT molecular complexity index is 1060. The zero-order valence-corrected chi connectivity index (χ0v) is 23.7. The number of unbranched alkanes of at least 4 members (excludes halogenated alkanes) is 7. The van der Waals surface area contributed by atoms with Crippen LogP contribution >= 0.6 is 0 Å². The summed E-state index contributed by atoms with van der Waals surface area (Å²) < 4.78 is 0. The SMILES string of the molecule is CCCCCCCCCCC(=O)N(CC(C)C(=Nc1ccccc1)Nc1ccccc1)c1ccccc1.[Cl-]. The van der Waals surface area contributed by atoms with E-state index >= 15 is 0 Å². The second-order valence-corrected chi connectivity index (χ2v) is 9.79. The van der Waals surface area contributed by atoms with Gasteiger partial charge in [0.25, 0.3) is 0 Å². The van der Waals surface area contributed by atoms with Crippen molar-refractivity contribution in [1.82, 2.24) is 0 Å². The minimum absolute atomic E-state index is 0. The maximum absolute atomic E-state index is 13.5. The summed E-state index contributed by atoms with van der Waals surface area (Å²) >= 11 is 0. The molecule has 3 aromatic rings. The Morgan fingerprint density at radius 2 is 1.29 bits per heavy atom. The molecule has 0 aliphatic heterocycles. The number of aliphatic imine (C=N–C) groups is 1. The van der Waals surface area contributed by atoms with Crippen LogP contribution < -0.4 is 22.6 Å². The average Bonchev–Trinajstić information content (AvgIpc) is 2.94. The lowest BCUT2D eigenvalue weighted by molar-refractivity contribution is -0.118. The van der Waals surface area contributed by atoms with Crippen LogP contribution in [0.2, 0.25) is 0 Å². The maximum atomic E-state index is 13.5. The van der Waals surface area contributed by atoms with Crippen molar-refractivity contribution in [3.63, 3.8) is 0 Å². The van der Waals surface area contributed by atoms with E-state index in [1.54, 1.807) is 0 Å². The number of nitrogens with zero attached hydrogens (tertiary/aromatic N) is 2. The summed E-state index contributed by atoms with van der Waals surface area (Å²) in [6, 6.07) is 30.1. The van der Waals surface area contributed by atoms with E-state index in [1.165, 1.54) is 38.5 Å². The highest BCUT2D eigenvalue weighted by Crippen LogP contribution is 2.21. The van der Waals surface area contributed by atoms with Gasteiger partial charge in [0, 0.05) is 30.3 Å². The van der Waals surface area contributed by atoms with Gasteiger partial charge >= 0.3 is 0 Å². The van der Waals surface area contributed by atoms with E-state index in [9.17, 15) is 4.79 Å². The minimum atomic E-state index is 0. The molecule has 204 valence electrons. The first-order chi connectivity index (χ1) is 18.2. The van der Waals surface area contributed by atoms with Crippen LogP contribution in [0, 0.1) is 5.92 Å². The molecule has 0 aromatic heterocycles. The Morgan fingerprint density at radius 3 is 1.89 bits per heavy atom. The zero-order valence-electron chi connectivity index (χ0n) is 23.0. The number of rotatable bonds is 15. The van der Waals surface area contributed by atoms with E-state index < -0.39 is 0 Å². The summed E-state index contributed by atoms with van der Waals surface area (Å²) in [6.45, 7) is 4.95. The molecule has 0 saturated carbocycles. The molecule has 0 spiro atoms. The summed E-state index contributed by atoms with van der Waals surface area (Å²) in [6.07, 6.45) is 10.4. The van der Waals surface area contributed by atoms with Crippen LogP contribution in [-0.2, 0) is 4.79 Å². The number of anilines is 2. The van der Waals surface area contributed by atoms with Crippen molar-refractivity contribution in [2.45, 2.75) is 71.6 Å². The number of carbonyl (C=O) groups is 1. The summed E-state index contributed by atoms with van der Waals surface area (Å²) in [4.78, 5) is 20.3. The van der Waals surface area contributed by atoms with Crippen molar-refractivity contribution in [3.05, 3.63) is 91.0 Å². The molecule has 4 nitrogen and oxygen atoms in total. The standard InChI is InChI=1S/C33H43N3O.ClH/c1-3-4-5-6-7-8-9-19-26-32(37)36(31-24-17-12-18-25-31)27-28(2)33(34-29-20-13-10-14-21-29)35-30-22-15-11-16-23-30;/h10-18,20-25,28H,3-9,19,26-27H2,1-2H3,(H,34,35);1H/p-1. The number of amidine groups is 1. The van der Waals surface area contributed by atoms with Gasteiger partial charge in [0.2, 0.25) is 5.91 Å². The first kappa shape index (κ1) is 31.1. The van der Waals surface area contributed by atoms with Crippen molar-refractivity contribution in [1.29, 1.82) is 0 Å². The molecule has 5 heteroatoms. The first-order valence-corrected chi connectivity index (χ1v) is 14.0. The predicted molar refractivity (Wildman–Crippen MR) is 159 cm³/mol. The fraction of sp³-hybridized carbons (Fsp3) is 0.394. The molecule has 1 amide bonds. The third kappa shape index (κ3) is 11.1. The number of carbonyl (C=O) groups excluding carboxylic acids is 1. The second kappa shape index (κ2) is 18.2. The highest BCUT2D eigenvalue weighted by atomic mass is 35.5. The van der Waals surface area contributed by atoms with Crippen LogP contribution in [0.1, 0.15) is 71.6 Å². The fourth-order valence-electron chi connectivity index (χ4n) is 4.44. The van der Waals surface area contributed by atoms with Gasteiger partial charge in [-0.2, -0.15) is 0 Å². The van der Waals surface area contributed by atoms with Gasteiger partial charge in [-0.25, -0.2) is 4.99 Å². The highest BCUT2D eigenvalue weighted by Gasteiger charge is 2.21. The van der Waals surface area contributed by atoms with Gasteiger partial charge in [0.05, 0.1) is 5.69 Å². The number of nitrogens with one attached hydrogen (secondary N) is 1. The smallest absolute Gasteiger partial charge is 0.226 e. The van der Waals surface area contributed by atoms with Gasteiger partial charge in [-0.05, 0) is 42.8 Å². The topological polar surface area (TPSA) is 44.7 Å². The first-order valence-electron chi connectivity index (χ1n) is 14.0. The lowest BCUT2D eigenvalue weighted by Crippen LogP contribution is -3.00. The number of hydrogen-bond donors (Lipinski definition) is 1. The van der Waals surface area contributed by atoms with Crippen LogP contribution in [0.5, 0.6) is 0 Å². The largest absolute Gasteiger partial charge is 1.00 e. The van der Waals surface area contributed by atoms with Crippen molar-refractivity contribution >= 4 is 28.8 Å². The molecule has 1 atom stereocenters. The third-order valence-corrected chi connectivity index (χ3v) is 6.59. The lowest BCUT2D eigenvalue weighted by Gasteiger charge is -2.27. The van der Waals surface area contributed by atoms with Gasteiger partial charge in [-0.1, -0.05) is 113 Å². The van der Waals surface area contributed by atoms with Crippen LogP contribution in [0.3, 0.4) is 0 Å². The monoisotopic (exact) mass is 532 g/mol. The van der Waals surface area contributed by atoms with Crippen molar-refractivity contribution < 1.29 is 17.2 Å². The molecule has 0 heterocycles. The molecule has 0 bridgehead atoms. The Morgan fingerprint density at radius 1 is 0.763 bits per heavy atom. The van der Waals surface area contributed by atoms with Crippen LogP contribution in [0.4, 0.5) is 17.1 Å². The normalized spacial score (nSPS) is 11.9. The van der Waals surface area contributed by atoms with Gasteiger partial charge in [-0.15, -0.1) is 0 Å². The Balaban J connectivity index is 0.00000507. The Hall–Kier alpha value is -3.11. The number of amides is 1. The van der Waals surface area contributed by atoms with E-state index in [1.807, 2.05) is 95.9 Å². The molecular formula is C33H43ClN3O-. The molecular weight excluding hydrogens is 490 g/mol. The zero-order chi connectivity index (χ0) is 26.1. The predicted octanol–water partition coefficient (Wildman–Crippen LogP) is 6.03. The molecule has 1 N–H and O–H groups in total. The molecule has 0 aliphatic rings. The summed E-state index contributed by atoms with van der Waals surface area (Å²) in [5, 5.41) is 3.52. The molecule has 0 saturated heterocycles. The number of benzene rings is 3. The van der Waals surface area contributed by atoms with E-state index in [2.05, 4.69) is 19.2 Å². The third-order valence-electron chi connectivity index (χ3n) is 6.59. The Labute approximate surface area is 236 Å². The van der Waals surface area contributed by atoms with Gasteiger partial charge in [-0.3, -0.25) is 4.79 Å². The number of para-hydroxylation sites is 3. The Kier molecular flexibility index (Phi) is 14.9. The minimum Gasteiger partial charge on any atom is -1.00 e. The molecule has 3 rings (SSSR count). The molecule has 3 aromatic carbocycles. The molecule has 0 aliphatic carbocycles. The summed E-state index contributed by atoms with van der Waals surface area (Å²) in [7, 11) is 0. The van der Waals surface area contributed by atoms with Crippen LogP contribution in [0.15, 0.2) is 96.0 Å². The molecule has 38 heavy (non-hydrogen) atoms. The van der Waals surface area contributed by atoms with Crippen LogP contribution in [-0.4, -0.2) is 18.3 Å². The van der Waals surface area contributed by atoms with Crippen molar-refractivity contribution in [2.75, 3.05) is 16.8 Å². The van der Waals surface area contributed by atoms with Gasteiger partial charge in [0.1, 0.15) is 5.84 Å². The summed E-state index contributed by atoms with van der Waals surface area (Å²) in [5.74, 6) is 1.03. The average molecular weight is 533 g/mol. The molecule has 0 radical (unpaired) electrons. The van der Waals surface area contributed by atoms with E-state index in [0.717, 1.165) is 35.7 Å². The number of halogens is 1. The summed E-state index contributed by atoms with van der Waals surface area (Å²) in [5.41, 5.74) is 2.82. The van der Waals surface area contributed by atoms with E-state index in [4.69, 9.17) is 4.99 Å². The maximum Gasteiger partial charge on any atom is 0.226 e. The lowest BCUT2D eigenvalue weighted by atomic mass is 10.1. The molecule has 0 fully saturated rings. The number of hydrogen-bond acceptors (Lipinski definition) is 2. The molecule has 1 unspecified atom stereocenters. The van der Waals surface area contributed by atoms with E-state index in [0.29, 0.717) is 13.0 Å². The van der Waals surface area contributed by atoms with Crippen LogP contribution in [0.25, 0.3) is 0 Å².